The van der Waals surface area contributed by atoms with Crippen LogP contribution in [-0.2, 0) is 4.79 Å². The minimum Gasteiger partial charge on any atom is -0.480 e. The van der Waals surface area contributed by atoms with Crippen molar-refractivity contribution in [3.8, 4) is 0 Å². The van der Waals surface area contributed by atoms with Crippen molar-refractivity contribution in [2.45, 2.75) is 6.04 Å². The van der Waals surface area contributed by atoms with Gasteiger partial charge in [-0.2, -0.15) is 0 Å². The highest BCUT2D eigenvalue weighted by Crippen LogP contribution is 2.31. The number of rotatable bonds is 3. The molecule has 1 aliphatic heterocycles. The molecule has 0 aromatic heterocycles. The number of hydrogen-bond donors (Lipinski definition) is 1. The summed E-state index contributed by atoms with van der Waals surface area (Å²) in [7, 11) is 0. The van der Waals surface area contributed by atoms with E-state index >= 15 is 0 Å². The second kappa shape index (κ2) is 5.80. The number of thioether (sulfide) groups is 1. The first-order chi connectivity index (χ1) is 9.43. The summed E-state index contributed by atoms with van der Waals surface area (Å²) in [6.45, 7) is 0. The molecular weight excluding hydrogens is 352 g/mol. The van der Waals surface area contributed by atoms with Gasteiger partial charge >= 0.3 is 5.97 Å². The predicted molar refractivity (Wildman–Crippen MR) is 75.7 cm³/mol. The molecule has 0 aliphatic carbocycles. The second-order valence-electron chi connectivity index (χ2n) is 4.02. The Morgan fingerprint density at radius 1 is 1.50 bits per heavy atom. The topological polar surface area (TPSA) is 101 Å². The summed E-state index contributed by atoms with van der Waals surface area (Å²) < 4.78 is 0.0658. The molecule has 0 unspecified atom stereocenters. The van der Waals surface area contributed by atoms with Crippen molar-refractivity contribution in [2.75, 3.05) is 11.6 Å². The van der Waals surface area contributed by atoms with Crippen LogP contribution in [0.1, 0.15) is 10.4 Å². The van der Waals surface area contributed by atoms with E-state index in [2.05, 4.69) is 15.9 Å². The molecule has 0 radical (unpaired) electrons. The summed E-state index contributed by atoms with van der Waals surface area (Å²) in [5.41, 5.74) is -0.137. The molecule has 2 rings (SSSR count). The fourth-order valence-electron chi connectivity index (χ4n) is 1.83. The van der Waals surface area contributed by atoms with Crippen molar-refractivity contribution >= 4 is 45.3 Å². The number of carboxylic acids is 1. The molecule has 1 aliphatic rings. The van der Waals surface area contributed by atoms with Gasteiger partial charge in [-0.3, -0.25) is 14.9 Å². The van der Waals surface area contributed by atoms with Crippen molar-refractivity contribution in [1.82, 2.24) is 4.90 Å². The first kappa shape index (κ1) is 14.8. The van der Waals surface area contributed by atoms with E-state index in [-0.39, 0.29) is 21.6 Å². The Morgan fingerprint density at radius 2 is 2.20 bits per heavy atom. The maximum Gasteiger partial charge on any atom is 0.327 e. The zero-order valence-corrected chi connectivity index (χ0v) is 12.4. The number of nitrogens with zero attached hydrogens (tertiary/aromatic N) is 2. The van der Waals surface area contributed by atoms with E-state index in [4.69, 9.17) is 5.11 Å². The van der Waals surface area contributed by atoms with Crippen LogP contribution in [0.15, 0.2) is 22.7 Å². The molecule has 1 amide bonds. The monoisotopic (exact) mass is 360 g/mol. The zero-order valence-electron chi connectivity index (χ0n) is 9.98. The lowest BCUT2D eigenvalue weighted by Gasteiger charge is -2.20. The van der Waals surface area contributed by atoms with E-state index in [1.165, 1.54) is 34.9 Å². The third-order valence-corrected chi connectivity index (χ3v) is 4.68. The summed E-state index contributed by atoms with van der Waals surface area (Å²) in [5, 5.41) is 19.9. The molecule has 1 fully saturated rings. The molecule has 0 bridgehead atoms. The van der Waals surface area contributed by atoms with Crippen LogP contribution >= 0.6 is 27.7 Å². The summed E-state index contributed by atoms with van der Waals surface area (Å²) in [6, 6.07) is 3.20. The van der Waals surface area contributed by atoms with Gasteiger partial charge in [-0.1, -0.05) is 6.07 Å². The molecule has 1 aromatic rings. The third kappa shape index (κ3) is 2.63. The lowest BCUT2D eigenvalue weighted by molar-refractivity contribution is -0.385. The Labute approximate surface area is 126 Å². The summed E-state index contributed by atoms with van der Waals surface area (Å²) >= 11 is 4.38. The van der Waals surface area contributed by atoms with Crippen molar-refractivity contribution in [3.63, 3.8) is 0 Å². The summed E-state index contributed by atoms with van der Waals surface area (Å²) in [4.78, 5) is 34.9. The highest BCUT2D eigenvalue weighted by molar-refractivity contribution is 9.10. The van der Waals surface area contributed by atoms with Crippen LogP contribution in [0.25, 0.3) is 0 Å². The average molecular weight is 361 g/mol. The molecule has 1 aromatic carbocycles. The Hall–Kier alpha value is -1.61. The zero-order chi connectivity index (χ0) is 14.9. The van der Waals surface area contributed by atoms with Gasteiger partial charge < -0.3 is 10.0 Å². The number of benzene rings is 1. The van der Waals surface area contributed by atoms with E-state index in [0.29, 0.717) is 5.75 Å². The Balaban J connectivity index is 2.37. The third-order valence-electron chi connectivity index (χ3n) is 2.83. The van der Waals surface area contributed by atoms with Gasteiger partial charge in [0.15, 0.2) is 0 Å². The molecule has 1 saturated heterocycles. The van der Waals surface area contributed by atoms with Gasteiger partial charge in [0, 0.05) is 11.8 Å². The van der Waals surface area contributed by atoms with E-state index < -0.39 is 22.8 Å². The molecule has 0 saturated carbocycles. The lowest BCUT2D eigenvalue weighted by atomic mass is 10.1. The van der Waals surface area contributed by atoms with Gasteiger partial charge in [-0.25, -0.2) is 4.79 Å². The number of carboxylic acid groups (broad SMARTS) is 1. The van der Waals surface area contributed by atoms with Gasteiger partial charge in [0.25, 0.3) is 11.6 Å². The van der Waals surface area contributed by atoms with Crippen LogP contribution in [0.4, 0.5) is 5.69 Å². The van der Waals surface area contributed by atoms with Crippen LogP contribution in [0, 0.1) is 10.1 Å². The fourth-order valence-corrected chi connectivity index (χ4v) is 3.55. The fraction of sp³-hybridized carbons (Fsp3) is 0.273. The predicted octanol–water partition coefficient (Wildman–Crippen LogP) is 1.96. The largest absolute Gasteiger partial charge is 0.480 e. The molecule has 1 N–H and O–H groups in total. The maximum absolute atomic E-state index is 12.4. The van der Waals surface area contributed by atoms with Crippen LogP contribution < -0.4 is 0 Å². The molecule has 0 spiro atoms. The van der Waals surface area contributed by atoms with Gasteiger partial charge in [-0.05, 0) is 22.0 Å². The van der Waals surface area contributed by atoms with Crippen molar-refractivity contribution in [2.24, 2.45) is 0 Å². The number of nitro benzene ring substituents is 1. The number of amides is 1. The highest BCUT2D eigenvalue weighted by atomic mass is 79.9. The Morgan fingerprint density at radius 3 is 2.80 bits per heavy atom. The molecule has 106 valence electrons. The number of nitro groups is 1. The number of carbonyl (C=O) groups is 2. The maximum atomic E-state index is 12.4. The molecule has 1 atom stereocenters. The van der Waals surface area contributed by atoms with Crippen molar-refractivity contribution in [3.05, 3.63) is 38.3 Å². The van der Waals surface area contributed by atoms with Gasteiger partial charge in [0.05, 0.1) is 16.4 Å². The summed E-state index contributed by atoms with van der Waals surface area (Å²) in [5.74, 6) is -1.04. The van der Waals surface area contributed by atoms with E-state index in [1.54, 1.807) is 0 Å². The number of aliphatic carboxylic acids is 1. The van der Waals surface area contributed by atoms with Crippen molar-refractivity contribution < 1.29 is 19.6 Å². The smallest absolute Gasteiger partial charge is 0.327 e. The molecule has 20 heavy (non-hydrogen) atoms. The van der Waals surface area contributed by atoms with Gasteiger partial charge in [-0.15, -0.1) is 11.8 Å². The van der Waals surface area contributed by atoms with E-state index in [1.807, 2.05) is 0 Å². The Kier molecular flexibility index (Phi) is 4.29. The minimum atomic E-state index is -1.08. The van der Waals surface area contributed by atoms with Crippen molar-refractivity contribution in [1.29, 1.82) is 0 Å². The van der Waals surface area contributed by atoms with Crippen LogP contribution in [0.5, 0.6) is 0 Å². The normalized spacial score (nSPS) is 18.1. The highest BCUT2D eigenvalue weighted by Gasteiger charge is 2.36. The Bertz CT molecular complexity index is 594. The second-order valence-corrected chi connectivity index (χ2v) is 5.82. The number of halogens is 1. The van der Waals surface area contributed by atoms with Gasteiger partial charge in [0.1, 0.15) is 10.5 Å². The molecule has 9 heteroatoms. The van der Waals surface area contributed by atoms with Gasteiger partial charge in [0.2, 0.25) is 0 Å². The molecule has 1 heterocycles. The SMILES string of the molecule is O=C(O)[C@@H]1CSCN1C(=O)c1cccc([N+](=O)[O-])c1Br. The van der Waals surface area contributed by atoms with Crippen LogP contribution in [0.2, 0.25) is 0 Å². The quantitative estimate of drug-likeness (QED) is 0.652. The number of hydrogen-bond acceptors (Lipinski definition) is 5. The number of carbonyl (C=O) groups excluding carboxylic acids is 1. The van der Waals surface area contributed by atoms with E-state index in [9.17, 15) is 19.7 Å². The average Bonchev–Trinajstić information content (AvgIpc) is 2.87. The van der Waals surface area contributed by atoms with Crippen LogP contribution in [-0.4, -0.2) is 44.5 Å². The lowest BCUT2D eigenvalue weighted by Crippen LogP contribution is -2.41. The summed E-state index contributed by atoms with van der Waals surface area (Å²) in [6.07, 6.45) is 0. The first-order valence-corrected chi connectivity index (χ1v) is 7.42. The molecule has 7 nitrogen and oxygen atoms in total. The molecular formula is C11H9BrN2O5S. The van der Waals surface area contributed by atoms with Crippen LogP contribution in [0.3, 0.4) is 0 Å². The first-order valence-electron chi connectivity index (χ1n) is 5.48. The van der Waals surface area contributed by atoms with E-state index in [0.717, 1.165) is 0 Å². The minimum absolute atomic E-state index is 0.0658. The standard InChI is InChI=1S/C11H9BrN2O5S/c12-9-6(2-1-3-7(9)14(18)19)10(15)13-5-20-4-8(13)11(16)17/h1-3,8H,4-5H2,(H,16,17)/t8-/m0/s1.